The van der Waals surface area contributed by atoms with E-state index in [1.807, 2.05) is 45.3 Å². The van der Waals surface area contributed by atoms with Crippen LogP contribution in [0.1, 0.15) is 47.1 Å². The van der Waals surface area contributed by atoms with Crippen LogP contribution < -0.4 is 15.5 Å². The molecule has 11 heteroatoms. The van der Waals surface area contributed by atoms with Crippen molar-refractivity contribution in [3.8, 4) is 0 Å². The van der Waals surface area contributed by atoms with E-state index in [1.165, 1.54) is 18.3 Å². The lowest BCUT2D eigenvalue weighted by molar-refractivity contribution is -0.120. The maximum absolute atomic E-state index is 13.6. The molecule has 0 radical (unpaired) electrons. The summed E-state index contributed by atoms with van der Waals surface area (Å²) in [5.74, 6) is 0.812. The minimum atomic E-state index is -0.945. The Bertz CT molecular complexity index is 1410. The highest BCUT2D eigenvalue weighted by Gasteiger charge is 2.52. The third kappa shape index (κ3) is 4.36. The van der Waals surface area contributed by atoms with Crippen molar-refractivity contribution in [2.24, 2.45) is 5.41 Å². The molecular formula is C25H30FN9O. The predicted molar refractivity (Wildman–Crippen MR) is 136 cm³/mol. The van der Waals surface area contributed by atoms with Crippen LogP contribution in [0.3, 0.4) is 0 Å². The predicted octanol–water partition coefficient (Wildman–Crippen LogP) is 4.42. The normalized spacial score (nSPS) is 19.2. The van der Waals surface area contributed by atoms with Crippen molar-refractivity contribution in [1.82, 2.24) is 28.9 Å². The third-order valence-corrected chi connectivity index (χ3v) is 6.53. The second-order valence-corrected chi connectivity index (χ2v) is 10.5. The number of hydrogen-bond acceptors (Lipinski definition) is 7. The van der Waals surface area contributed by atoms with Gasteiger partial charge in [0, 0.05) is 25.0 Å². The first-order valence-electron chi connectivity index (χ1n) is 11.9. The average molecular weight is 492 g/mol. The fraction of sp³-hybridized carbons (Fsp3) is 0.400. The summed E-state index contributed by atoms with van der Waals surface area (Å²) in [5, 5.41) is 6.19. The van der Waals surface area contributed by atoms with Gasteiger partial charge >= 0.3 is 0 Å². The SMILES string of the molecule is CC(C)n1cnc(Nc2nc(N3CC(C)(C)C[C@@]3(C)C(=O)Nc3ccc(F)nc3)nc3cccn23)c1. The molecule has 0 unspecified atom stereocenters. The van der Waals surface area contributed by atoms with Crippen molar-refractivity contribution in [3.63, 3.8) is 0 Å². The average Bonchev–Trinajstić information content (AvgIpc) is 3.53. The van der Waals surface area contributed by atoms with Crippen LogP contribution in [0.15, 0.2) is 49.2 Å². The molecule has 0 saturated carbocycles. The van der Waals surface area contributed by atoms with Crippen LogP contribution in [0.4, 0.5) is 27.8 Å². The van der Waals surface area contributed by atoms with Gasteiger partial charge in [0.15, 0.2) is 5.82 Å². The first-order chi connectivity index (χ1) is 17.0. The number of carbonyl (C=O) groups excluding carboxylic acids is 1. The van der Waals surface area contributed by atoms with Gasteiger partial charge in [-0.2, -0.15) is 14.4 Å². The lowest BCUT2D eigenvalue weighted by Gasteiger charge is -2.34. The number of fused-ring (bicyclic) bond motifs is 1. The Balaban J connectivity index is 1.51. The first-order valence-corrected chi connectivity index (χ1v) is 11.9. The summed E-state index contributed by atoms with van der Waals surface area (Å²) in [6.07, 6.45) is 7.47. The Morgan fingerprint density at radius 3 is 2.64 bits per heavy atom. The van der Waals surface area contributed by atoms with Gasteiger partial charge < -0.3 is 20.1 Å². The fourth-order valence-electron chi connectivity index (χ4n) is 4.82. The van der Waals surface area contributed by atoms with Crippen LogP contribution in [0.2, 0.25) is 0 Å². The summed E-state index contributed by atoms with van der Waals surface area (Å²) >= 11 is 0. The molecule has 4 aromatic rings. The number of aromatic nitrogens is 6. The quantitative estimate of drug-likeness (QED) is 0.385. The number of amides is 1. The molecule has 0 bridgehead atoms. The zero-order valence-corrected chi connectivity index (χ0v) is 21.0. The number of imidazole rings is 1. The molecule has 1 fully saturated rings. The monoisotopic (exact) mass is 491 g/mol. The lowest BCUT2D eigenvalue weighted by Crippen LogP contribution is -2.51. The third-order valence-electron chi connectivity index (χ3n) is 6.53. The van der Waals surface area contributed by atoms with E-state index in [4.69, 9.17) is 9.97 Å². The summed E-state index contributed by atoms with van der Waals surface area (Å²) in [5.41, 5.74) is 0.00688. The van der Waals surface area contributed by atoms with Crippen molar-refractivity contribution < 1.29 is 9.18 Å². The zero-order valence-electron chi connectivity index (χ0n) is 21.0. The van der Waals surface area contributed by atoms with Crippen molar-refractivity contribution in [2.75, 3.05) is 22.1 Å². The minimum absolute atomic E-state index is 0.172. The second kappa shape index (κ2) is 8.58. The number of nitrogens with zero attached hydrogens (tertiary/aromatic N) is 7. The van der Waals surface area contributed by atoms with Crippen LogP contribution in [0.5, 0.6) is 0 Å². The van der Waals surface area contributed by atoms with Gasteiger partial charge in [0.2, 0.25) is 23.8 Å². The first kappa shape index (κ1) is 23.7. The van der Waals surface area contributed by atoms with Gasteiger partial charge in [0.1, 0.15) is 11.2 Å². The van der Waals surface area contributed by atoms with E-state index >= 15 is 0 Å². The Hall–Kier alpha value is -4.02. The summed E-state index contributed by atoms with van der Waals surface area (Å²) < 4.78 is 17.1. The number of hydrogen-bond donors (Lipinski definition) is 2. The van der Waals surface area contributed by atoms with E-state index in [1.54, 1.807) is 6.33 Å². The number of carbonyl (C=O) groups is 1. The molecule has 188 valence electrons. The lowest BCUT2D eigenvalue weighted by atomic mass is 9.84. The van der Waals surface area contributed by atoms with Gasteiger partial charge in [-0.1, -0.05) is 13.8 Å². The van der Waals surface area contributed by atoms with Gasteiger partial charge in [0.05, 0.1) is 18.2 Å². The molecule has 10 nitrogen and oxygen atoms in total. The molecule has 4 aromatic heterocycles. The van der Waals surface area contributed by atoms with Crippen LogP contribution in [-0.4, -0.2) is 46.9 Å². The number of anilines is 4. The summed E-state index contributed by atoms with van der Waals surface area (Å²) in [7, 11) is 0. The van der Waals surface area contributed by atoms with E-state index in [-0.39, 0.29) is 17.4 Å². The Labute approximate surface area is 208 Å². The highest BCUT2D eigenvalue weighted by Crippen LogP contribution is 2.43. The number of halogens is 1. The van der Waals surface area contributed by atoms with Crippen molar-refractivity contribution in [2.45, 2.75) is 52.6 Å². The molecule has 5 heterocycles. The molecule has 1 aliphatic rings. The van der Waals surface area contributed by atoms with Crippen LogP contribution in [-0.2, 0) is 4.79 Å². The fourth-order valence-corrected chi connectivity index (χ4v) is 4.82. The van der Waals surface area contributed by atoms with E-state index in [0.29, 0.717) is 42.0 Å². The molecule has 1 atom stereocenters. The van der Waals surface area contributed by atoms with Crippen LogP contribution in [0, 0.1) is 11.4 Å². The molecule has 0 aliphatic carbocycles. The largest absolute Gasteiger partial charge is 0.333 e. The molecule has 5 rings (SSSR count). The highest BCUT2D eigenvalue weighted by atomic mass is 19.1. The topological polar surface area (TPSA) is 105 Å². The van der Waals surface area contributed by atoms with Gasteiger partial charge in [-0.05, 0) is 56.9 Å². The Morgan fingerprint density at radius 1 is 1.14 bits per heavy atom. The van der Waals surface area contributed by atoms with Crippen molar-refractivity contribution >= 4 is 35.0 Å². The van der Waals surface area contributed by atoms with E-state index < -0.39 is 11.5 Å². The number of nitrogens with one attached hydrogen (secondary N) is 2. The Morgan fingerprint density at radius 2 is 1.94 bits per heavy atom. The molecular weight excluding hydrogens is 461 g/mol. The summed E-state index contributed by atoms with van der Waals surface area (Å²) in [4.78, 5) is 33.3. The minimum Gasteiger partial charge on any atom is -0.333 e. The van der Waals surface area contributed by atoms with Gasteiger partial charge in [-0.25, -0.2) is 9.97 Å². The van der Waals surface area contributed by atoms with Gasteiger partial charge in [-0.15, -0.1) is 0 Å². The van der Waals surface area contributed by atoms with E-state index in [9.17, 15) is 9.18 Å². The van der Waals surface area contributed by atoms with Crippen LogP contribution >= 0.6 is 0 Å². The highest BCUT2D eigenvalue weighted by molar-refractivity contribution is 6.00. The summed E-state index contributed by atoms with van der Waals surface area (Å²) in [6, 6.07) is 6.79. The van der Waals surface area contributed by atoms with Crippen molar-refractivity contribution in [3.05, 3.63) is 55.1 Å². The molecule has 0 aromatic carbocycles. The van der Waals surface area contributed by atoms with Crippen LogP contribution in [0.25, 0.3) is 5.65 Å². The number of rotatable bonds is 6. The van der Waals surface area contributed by atoms with E-state index in [2.05, 4.69) is 48.3 Å². The number of pyridine rings is 1. The molecule has 1 saturated heterocycles. The maximum Gasteiger partial charge on any atom is 0.250 e. The summed E-state index contributed by atoms with van der Waals surface area (Å²) in [6.45, 7) is 10.9. The molecule has 1 aliphatic heterocycles. The second-order valence-electron chi connectivity index (χ2n) is 10.5. The van der Waals surface area contributed by atoms with E-state index in [0.717, 1.165) is 0 Å². The maximum atomic E-state index is 13.6. The molecule has 0 spiro atoms. The molecule has 1 amide bonds. The van der Waals surface area contributed by atoms with Gasteiger partial charge in [-0.3, -0.25) is 9.20 Å². The zero-order chi connectivity index (χ0) is 25.7. The molecule has 36 heavy (non-hydrogen) atoms. The standard InChI is InChI=1S/C25H30FN9O/c1-16(2)33-12-19(28-15-33)30-22-32-23(31-20-7-6-10-34(20)22)35-14-24(3,4)13-25(35,5)21(36)29-17-8-9-18(26)27-11-17/h6-12,15-16H,13-14H2,1-5H3,(H,29,36)(H,30,31,32)/t25-/m0/s1. The van der Waals surface area contributed by atoms with Crippen molar-refractivity contribution in [1.29, 1.82) is 0 Å². The van der Waals surface area contributed by atoms with Gasteiger partial charge in [0.25, 0.3) is 0 Å². The smallest absolute Gasteiger partial charge is 0.250 e. The molecule has 2 N–H and O–H groups in total. The Kier molecular flexibility index (Phi) is 5.65.